The van der Waals surface area contributed by atoms with Gasteiger partial charge in [0.25, 0.3) is 5.91 Å². The maximum Gasteiger partial charge on any atom is 0.259 e. The van der Waals surface area contributed by atoms with E-state index in [1.165, 1.54) is 25.3 Å². The SMILES string of the molecule is CCOc1c(OC)cc(C#N)cc1C(=O)Nc1ccc(Cl)c(Cl)c1. The first kappa shape index (κ1) is 17.9. The highest BCUT2D eigenvalue weighted by Gasteiger charge is 2.19. The Hall–Kier alpha value is -2.42. The van der Waals surface area contributed by atoms with Crippen molar-refractivity contribution in [2.24, 2.45) is 0 Å². The quantitative estimate of drug-likeness (QED) is 0.845. The number of ether oxygens (including phenoxy) is 2. The highest BCUT2D eigenvalue weighted by Crippen LogP contribution is 2.34. The van der Waals surface area contributed by atoms with Crippen molar-refractivity contribution in [3.8, 4) is 17.6 Å². The molecule has 24 heavy (non-hydrogen) atoms. The Kier molecular flexibility index (Phi) is 5.91. The van der Waals surface area contributed by atoms with Crippen molar-refractivity contribution in [3.63, 3.8) is 0 Å². The number of methoxy groups -OCH3 is 1. The van der Waals surface area contributed by atoms with Crippen molar-refractivity contribution < 1.29 is 14.3 Å². The molecule has 2 rings (SSSR count). The molecule has 0 spiro atoms. The first-order valence-electron chi connectivity index (χ1n) is 7.01. The smallest absolute Gasteiger partial charge is 0.259 e. The number of amides is 1. The van der Waals surface area contributed by atoms with Gasteiger partial charge in [0.15, 0.2) is 11.5 Å². The second-order valence-electron chi connectivity index (χ2n) is 4.68. The molecule has 2 aromatic carbocycles. The Bertz CT molecular complexity index is 816. The lowest BCUT2D eigenvalue weighted by molar-refractivity contribution is 0.102. The van der Waals surface area contributed by atoms with Gasteiger partial charge in [-0.3, -0.25) is 4.79 Å². The molecule has 0 aromatic heterocycles. The molecule has 1 N–H and O–H groups in total. The van der Waals surface area contributed by atoms with Crippen molar-refractivity contribution in [3.05, 3.63) is 51.5 Å². The number of carbonyl (C=O) groups excluding carboxylic acids is 1. The van der Waals surface area contributed by atoms with Gasteiger partial charge in [0, 0.05) is 11.8 Å². The second kappa shape index (κ2) is 7.91. The normalized spacial score (nSPS) is 9.96. The predicted molar refractivity (Wildman–Crippen MR) is 93.3 cm³/mol. The Morgan fingerprint density at radius 3 is 2.58 bits per heavy atom. The molecule has 0 saturated heterocycles. The molecule has 2 aromatic rings. The molecule has 0 unspecified atom stereocenters. The molecule has 0 aliphatic carbocycles. The van der Waals surface area contributed by atoms with Gasteiger partial charge in [0.2, 0.25) is 0 Å². The second-order valence-corrected chi connectivity index (χ2v) is 5.50. The van der Waals surface area contributed by atoms with E-state index in [9.17, 15) is 4.79 Å². The summed E-state index contributed by atoms with van der Waals surface area (Å²) in [6.45, 7) is 2.13. The van der Waals surface area contributed by atoms with Crippen molar-refractivity contribution >= 4 is 34.8 Å². The minimum Gasteiger partial charge on any atom is -0.493 e. The summed E-state index contributed by atoms with van der Waals surface area (Å²) in [5.74, 6) is 0.138. The highest BCUT2D eigenvalue weighted by atomic mass is 35.5. The number of rotatable bonds is 5. The molecule has 0 atom stereocenters. The maximum absolute atomic E-state index is 12.6. The molecule has 0 radical (unpaired) electrons. The highest BCUT2D eigenvalue weighted by molar-refractivity contribution is 6.42. The summed E-state index contributed by atoms with van der Waals surface area (Å²) in [5.41, 5.74) is 0.951. The number of hydrogen-bond donors (Lipinski definition) is 1. The molecule has 0 heterocycles. The molecule has 1 amide bonds. The van der Waals surface area contributed by atoms with Crippen LogP contribution in [0.15, 0.2) is 30.3 Å². The molecular formula is C17H14Cl2N2O3. The van der Waals surface area contributed by atoms with Gasteiger partial charge < -0.3 is 14.8 Å². The topological polar surface area (TPSA) is 71.3 Å². The average Bonchev–Trinajstić information content (AvgIpc) is 2.58. The molecular weight excluding hydrogens is 351 g/mol. The fourth-order valence-corrected chi connectivity index (χ4v) is 2.35. The van der Waals surface area contributed by atoms with Gasteiger partial charge >= 0.3 is 0 Å². The van der Waals surface area contributed by atoms with Crippen molar-refractivity contribution in [2.45, 2.75) is 6.92 Å². The summed E-state index contributed by atoms with van der Waals surface area (Å²) < 4.78 is 10.7. The number of nitriles is 1. The molecule has 0 fully saturated rings. The number of nitrogens with one attached hydrogen (secondary N) is 1. The number of carbonyl (C=O) groups is 1. The van der Waals surface area contributed by atoms with Gasteiger partial charge in [-0.05, 0) is 31.2 Å². The zero-order valence-electron chi connectivity index (χ0n) is 13.0. The fourth-order valence-electron chi connectivity index (χ4n) is 2.05. The lowest BCUT2D eigenvalue weighted by Crippen LogP contribution is -2.14. The number of benzene rings is 2. The summed E-state index contributed by atoms with van der Waals surface area (Å²) in [5, 5.41) is 12.5. The average molecular weight is 365 g/mol. The molecule has 0 bridgehead atoms. The summed E-state index contributed by atoms with van der Waals surface area (Å²) >= 11 is 11.8. The standard InChI is InChI=1S/C17H14Cl2N2O3/c1-3-24-16-12(6-10(9-20)7-15(16)23-2)17(22)21-11-4-5-13(18)14(19)8-11/h4-8H,3H2,1-2H3,(H,21,22). The lowest BCUT2D eigenvalue weighted by Gasteiger charge is -2.15. The van der Waals surface area contributed by atoms with Gasteiger partial charge in [0.05, 0.1) is 41.0 Å². The van der Waals surface area contributed by atoms with Crippen molar-refractivity contribution in [1.29, 1.82) is 5.26 Å². The first-order valence-corrected chi connectivity index (χ1v) is 7.77. The molecule has 124 valence electrons. The van der Waals surface area contributed by atoms with Crippen LogP contribution in [0.1, 0.15) is 22.8 Å². The largest absolute Gasteiger partial charge is 0.493 e. The van der Waals surface area contributed by atoms with Gasteiger partial charge in [-0.15, -0.1) is 0 Å². The fraction of sp³-hybridized carbons (Fsp3) is 0.176. The van der Waals surface area contributed by atoms with E-state index in [1.807, 2.05) is 6.07 Å². The Balaban J connectivity index is 2.43. The van der Waals surface area contributed by atoms with Crippen molar-refractivity contribution in [2.75, 3.05) is 19.0 Å². The summed E-state index contributed by atoms with van der Waals surface area (Å²) in [4.78, 5) is 12.6. The monoisotopic (exact) mass is 364 g/mol. The van der Waals surface area contributed by atoms with Crippen LogP contribution in [0.4, 0.5) is 5.69 Å². The van der Waals surface area contributed by atoms with Crippen LogP contribution in [0.25, 0.3) is 0 Å². The van der Waals surface area contributed by atoms with Crippen LogP contribution in [-0.4, -0.2) is 19.6 Å². The van der Waals surface area contributed by atoms with Crippen LogP contribution in [0.5, 0.6) is 11.5 Å². The minimum absolute atomic E-state index is 0.193. The third-order valence-electron chi connectivity index (χ3n) is 3.11. The van der Waals surface area contributed by atoms with E-state index in [-0.39, 0.29) is 16.9 Å². The predicted octanol–water partition coefficient (Wildman–Crippen LogP) is 4.52. The van der Waals surface area contributed by atoms with E-state index >= 15 is 0 Å². The Morgan fingerprint density at radius 1 is 1.25 bits per heavy atom. The summed E-state index contributed by atoms with van der Waals surface area (Å²) in [7, 11) is 1.44. The molecule has 5 nitrogen and oxygen atoms in total. The van der Waals surface area contributed by atoms with E-state index in [2.05, 4.69) is 5.32 Å². The Labute approximate surface area is 149 Å². The van der Waals surface area contributed by atoms with Crippen LogP contribution in [0, 0.1) is 11.3 Å². The zero-order valence-corrected chi connectivity index (χ0v) is 14.5. The van der Waals surface area contributed by atoms with Crippen LogP contribution in [0.2, 0.25) is 10.0 Å². The van der Waals surface area contributed by atoms with E-state index in [0.29, 0.717) is 28.1 Å². The van der Waals surface area contributed by atoms with Gasteiger partial charge in [-0.2, -0.15) is 5.26 Å². The van der Waals surface area contributed by atoms with E-state index in [4.69, 9.17) is 37.9 Å². The van der Waals surface area contributed by atoms with Gasteiger partial charge in [-0.25, -0.2) is 0 Å². The number of anilines is 1. The molecule has 7 heteroatoms. The minimum atomic E-state index is -0.452. The Morgan fingerprint density at radius 2 is 2.00 bits per heavy atom. The van der Waals surface area contributed by atoms with Gasteiger partial charge in [0.1, 0.15) is 0 Å². The molecule has 0 aliphatic heterocycles. The van der Waals surface area contributed by atoms with E-state index in [1.54, 1.807) is 19.1 Å². The zero-order chi connectivity index (χ0) is 17.7. The maximum atomic E-state index is 12.6. The first-order chi connectivity index (χ1) is 11.5. The van der Waals surface area contributed by atoms with Gasteiger partial charge in [-0.1, -0.05) is 23.2 Å². The number of halogens is 2. The number of nitrogens with zero attached hydrogens (tertiary/aromatic N) is 1. The van der Waals surface area contributed by atoms with Crippen LogP contribution in [0.3, 0.4) is 0 Å². The summed E-state index contributed by atoms with van der Waals surface area (Å²) in [6.07, 6.45) is 0. The number of hydrogen-bond acceptors (Lipinski definition) is 4. The van der Waals surface area contributed by atoms with Crippen LogP contribution in [-0.2, 0) is 0 Å². The van der Waals surface area contributed by atoms with Crippen LogP contribution < -0.4 is 14.8 Å². The van der Waals surface area contributed by atoms with Crippen molar-refractivity contribution in [1.82, 2.24) is 0 Å². The molecule has 0 saturated carbocycles. The van der Waals surface area contributed by atoms with E-state index < -0.39 is 5.91 Å². The lowest BCUT2D eigenvalue weighted by atomic mass is 10.1. The third kappa shape index (κ3) is 3.91. The van der Waals surface area contributed by atoms with Crippen LogP contribution >= 0.6 is 23.2 Å². The third-order valence-corrected chi connectivity index (χ3v) is 3.85. The summed E-state index contributed by atoms with van der Waals surface area (Å²) in [6, 6.07) is 9.69. The molecule has 0 aliphatic rings. The van der Waals surface area contributed by atoms with E-state index in [0.717, 1.165) is 0 Å².